The maximum Gasteiger partial charge on any atom is 0.307 e. The molecule has 0 bridgehead atoms. The number of rotatable bonds is 4. The Morgan fingerprint density at radius 3 is 3.18 bits per heavy atom. The SMILES string of the molecule is CCOC(=O)CCn1ncc2c1CCN(C)C2. The molecule has 0 aliphatic carbocycles. The van der Waals surface area contributed by atoms with Crippen LogP contribution in [0.15, 0.2) is 6.20 Å². The van der Waals surface area contributed by atoms with Gasteiger partial charge in [0, 0.05) is 30.8 Å². The normalized spacial score (nSPS) is 15.6. The smallest absolute Gasteiger partial charge is 0.307 e. The molecule has 0 fully saturated rings. The monoisotopic (exact) mass is 237 g/mol. The highest BCUT2D eigenvalue weighted by Gasteiger charge is 2.18. The van der Waals surface area contributed by atoms with E-state index in [1.54, 1.807) is 0 Å². The number of carbonyl (C=O) groups excluding carboxylic acids is 1. The molecule has 1 aromatic rings. The molecular formula is C12H19N3O2. The molecule has 1 aliphatic heterocycles. The number of ether oxygens (including phenoxy) is 1. The van der Waals surface area contributed by atoms with Gasteiger partial charge in [-0.1, -0.05) is 0 Å². The molecule has 5 heteroatoms. The van der Waals surface area contributed by atoms with Crippen LogP contribution in [0.3, 0.4) is 0 Å². The number of hydrogen-bond donors (Lipinski definition) is 0. The van der Waals surface area contributed by atoms with Gasteiger partial charge in [-0.15, -0.1) is 0 Å². The van der Waals surface area contributed by atoms with E-state index < -0.39 is 0 Å². The molecule has 2 rings (SSSR count). The minimum atomic E-state index is -0.148. The molecule has 2 heterocycles. The summed E-state index contributed by atoms with van der Waals surface area (Å²) in [7, 11) is 2.11. The molecule has 0 saturated heterocycles. The number of carbonyl (C=O) groups is 1. The fourth-order valence-corrected chi connectivity index (χ4v) is 2.16. The summed E-state index contributed by atoms with van der Waals surface area (Å²) in [4.78, 5) is 13.6. The molecule has 0 amide bonds. The average molecular weight is 237 g/mol. The van der Waals surface area contributed by atoms with Gasteiger partial charge in [-0.2, -0.15) is 5.10 Å². The number of aryl methyl sites for hydroxylation is 1. The van der Waals surface area contributed by atoms with Crippen molar-refractivity contribution in [2.75, 3.05) is 20.2 Å². The standard InChI is InChI=1S/C12H19N3O2/c1-3-17-12(16)5-7-15-11-4-6-14(2)9-10(11)8-13-15/h8H,3-7,9H2,1-2H3. The highest BCUT2D eigenvalue weighted by atomic mass is 16.5. The van der Waals surface area contributed by atoms with Gasteiger partial charge in [0.05, 0.1) is 25.8 Å². The summed E-state index contributed by atoms with van der Waals surface area (Å²) in [5, 5.41) is 4.35. The first-order chi connectivity index (χ1) is 8.20. The van der Waals surface area contributed by atoms with Crippen LogP contribution in [0, 0.1) is 0 Å². The first-order valence-corrected chi connectivity index (χ1v) is 6.08. The lowest BCUT2D eigenvalue weighted by atomic mass is 10.1. The number of nitrogens with zero attached hydrogens (tertiary/aromatic N) is 3. The fourth-order valence-electron chi connectivity index (χ4n) is 2.16. The maximum absolute atomic E-state index is 11.3. The van der Waals surface area contributed by atoms with Crippen LogP contribution in [0.25, 0.3) is 0 Å². The lowest BCUT2D eigenvalue weighted by Crippen LogP contribution is -2.27. The Kier molecular flexibility index (Phi) is 3.78. The van der Waals surface area contributed by atoms with Crippen LogP contribution >= 0.6 is 0 Å². The van der Waals surface area contributed by atoms with Gasteiger partial charge < -0.3 is 9.64 Å². The molecule has 0 saturated carbocycles. The Morgan fingerprint density at radius 1 is 1.59 bits per heavy atom. The van der Waals surface area contributed by atoms with Crippen LogP contribution in [0.5, 0.6) is 0 Å². The maximum atomic E-state index is 11.3. The van der Waals surface area contributed by atoms with E-state index in [-0.39, 0.29) is 5.97 Å². The number of likely N-dealkylation sites (N-methyl/N-ethyl adjacent to an activating group) is 1. The second-order valence-electron chi connectivity index (χ2n) is 4.38. The van der Waals surface area contributed by atoms with E-state index in [0.29, 0.717) is 19.6 Å². The van der Waals surface area contributed by atoms with Gasteiger partial charge in [0.1, 0.15) is 0 Å². The second-order valence-corrected chi connectivity index (χ2v) is 4.38. The predicted octanol–water partition coefficient (Wildman–Crippen LogP) is 0.824. The Bertz CT molecular complexity index is 400. The Balaban J connectivity index is 1.96. The molecule has 0 spiro atoms. The third-order valence-electron chi connectivity index (χ3n) is 3.04. The fraction of sp³-hybridized carbons (Fsp3) is 0.667. The molecule has 0 N–H and O–H groups in total. The van der Waals surface area contributed by atoms with Crippen molar-refractivity contribution in [1.82, 2.24) is 14.7 Å². The Hall–Kier alpha value is -1.36. The summed E-state index contributed by atoms with van der Waals surface area (Å²) in [5.74, 6) is -0.148. The molecule has 0 unspecified atom stereocenters. The van der Waals surface area contributed by atoms with Crippen molar-refractivity contribution < 1.29 is 9.53 Å². The zero-order chi connectivity index (χ0) is 12.3. The highest BCUT2D eigenvalue weighted by molar-refractivity contribution is 5.69. The summed E-state index contributed by atoms with van der Waals surface area (Å²) in [6.07, 6.45) is 3.32. The van der Waals surface area contributed by atoms with Gasteiger partial charge in [0.15, 0.2) is 0 Å². The van der Waals surface area contributed by atoms with Gasteiger partial charge >= 0.3 is 5.97 Å². The third-order valence-corrected chi connectivity index (χ3v) is 3.04. The van der Waals surface area contributed by atoms with Gasteiger partial charge in [0.25, 0.3) is 0 Å². The highest BCUT2D eigenvalue weighted by Crippen LogP contribution is 2.17. The van der Waals surface area contributed by atoms with Crippen LogP contribution in [0.4, 0.5) is 0 Å². The lowest BCUT2D eigenvalue weighted by Gasteiger charge is -2.22. The summed E-state index contributed by atoms with van der Waals surface area (Å²) in [6, 6.07) is 0. The minimum Gasteiger partial charge on any atom is -0.466 e. The van der Waals surface area contributed by atoms with Gasteiger partial charge in [-0.25, -0.2) is 0 Å². The zero-order valence-electron chi connectivity index (χ0n) is 10.5. The minimum absolute atomic E-state index is 0.148. The first-order valence-electron chi connectivity index (χ1n) is 6.08. The van der Waals surface area contributed by atoms with Crippen LogP contribution < -0.4 is 0 Å². The Labute approximate surface area is 101 Å². The topological polar surface area (TPSA) is 47.4 Å². The van der Waals surface area contributed by atoms with E-state index in [9.17, 15) is 4.79 Å². The molecule has 0 aromatic carbocycles. The number of aromatic nitrogens is 2. The molecular weight excluding hydrogens is 218 g/mol. The number of fused-ring (bicyclic) bond motifs is 1. The van der Waals surface area contributed by atoms with E-state index >= 15 is 0 Å². The summed E-state index contributed by atoms with van der Waals surface area (Å²) < 4.78 is 6.86. The van der Waals surface area contributed by atoms with E-state index in [0.717, 1.165) is 19.5 Å². The van der Waals surface area contributed by atoms with Gasteiger partial charge in [-0.3, -0.25) is 9.48 Å². The van der Waals surface area contributed by atoms with E-state index in [4.69, 9.17) is 4.74 Å². The largest absolute Gasteiger partial charge is 0.466 e. The molecule has 94 valence electrons. The van der Waals surface area contributed by atoms with E-state index in [2.05, 4.69) is 17.0 Å². The number of hydrogen-bond acceptors (Lipinski definition) is 4. The molecule has 0 atom stereocenters. The van der Waals surface area contributed by atoms with Crippen molar-refractivity contribution in [2.24, 2.45) is 0 Å². The summed E-state index contributed by atoms with van der Waals surface area (Å²) >= 11 is 0. The van der Waals surface area contributed by atoms with Gasteiger partial charge in [0.2, 0.25) is 0 Å². The summed E-state index contributed by atoms with van der Waals surface area (Å²) in [5.41, 5.74) is 2.55. The second kappa shape index (κ2) is 5.31. The molecule has 5 nitrogen and oxygen atoms in total. The lowest BCUT2D eigenvalue weighted by molar-refractivity contribution is -0.143. The van der Waals surface area contributed by atoms with Crippen LogP contribution in [-0.4, -0.2) is 40.8 Å². The molecule has 17 heavy (non-hydrogen) atoms. The predicted molar refractivity (Wildman–Crippen MR) is 63.5 cm³/mol. The molecule has 1 aromatic heterocycles. The Morgan fingerprint density at radius 2 is 2.41 bits per heavy atom. The summed E-state index contributed by atoms with van der Waals surface area (Å²) in [6.45, 7) is 4.90. The molecule has 0 radical (unpaired) electrons. The van der Waals surface area contributed by atoms with Crippen molar-refractivity contribution in [1.29, 1.82) is 0 Å². The van der Waals surface area contributed by atoms with Crippen LogP contribution in [0.2, 0.25) is 0 Å². The third kappa shape index (κ3) is 2.85. The van der Waals surface area contributed by atoms with Gasteiger partial charge in [-0.05, 0) is 14.0 Å². The van der Waals surface area contributed by atoms with E-state index in [1.807, 2.05) is 17.8 Å². The van der Waals surface area contributed by atoms with Crippen molar-refractivity contribution in [3.63, 3.8) is 0 Å². The first kappa shape index (κ1) is 12.1. The van der Waals surface area contributed by atoms with Crippen molar-refractivity contribution >= 4 is 5.97 Å². The van der Waals surface area contributed by atoms with Crippen molar-refractivity contribution in [3.8, 4) is 0 Å². The van der Waals surface area contributed by atoms with E-state index in [1.165, 1.54) is 11.3 Å². The quantitative estimate of drug-likeness (QED) is 0.728. The van der Waals surface area contributed by atoms with Crippen molar-refractivity contribution in [3.05, 3.63) is 17.5 Å². The van der Waals surface area contributed by atoms with Crippen molar-refractivity contribution in [2.45, 2.75) is 32.9 Å². The van der Waals surface area contributed by atoms with Crippen LogP contribution in [-0.2, 0) is 29.0 Å². The number of esters is 1. The molecule has 1 aliphatic rings. The zero-order valence-corrected chi connectivity index (χ0v) is 10.5. The average Bonchev–Trinajstić information content (AvgIpc) is 2.69. The van der Waals surface area contributed by atoms with Crippen LogP contribution in [0.1, 0.15) is 24.6 Å².